The van der Waals surface area contributed by atoms with Crippen molar-refractivity contribution in [1.29, 1.82) is 0 Å². The van der Waals surface area contributed by atoms with Gasteiger partial charge in [0.15, 0.2) is 0 Å². The Morgan fingerprint density at radius 2 is 1.74 bits per heavy atom. The molecule has 0 N–H and O–H groups in total. The molecule has 0 radical (unpaired) electrons. The number of rotatable bonds is 4. The topological polar surface area (TPSA) is 57.7 Å². The second-order valence-corrected chi connectivity index (χ2v) is 7.90. The van der Waals surface area contributed by atoms with Crippen LogP contribution in [0, 0.1) is 5.92 Å². The number of carbonyl (C=O) groups excluding carboxylic acids is 3. The highest BCUT2D eigenvalue weighted by Crippen LogP contribution is 2.29. The molecule has 5 nitrogen and oxygen atoms in total. The molecule has 0 spiro atoms. The fraction of sp³-hybridized carbons (Fsp3) is 0.824. The molecule has 3 aliphatic rings. The zero-order chi connectivity index (χ0) is 16.2. The van der Waals surface area contributed by atoms with Gasteiger partial charge >= 0.3 is 0 Å². The van der Waals surface area contributed by atoms with Crippen molar-refractivity contribution in [2.24, 2.45) is 5.92 Å². The molecule has 23 heavy (non-hydrogen) atoms. The molecule has 1 saturated carbocycles. The largest absolute Gasteiger partial charge is 0.343 e. The average Bonchev–Trinajstić information content (AvgIpc) is 2.92. The molecule has 0 aromatic rings. The molecule has 6 heteroatoms. The van der Waals surface area contributed by atoms with Crippen LogP contribution in [-0.2, 0) is 9.59 Å². The van der Waals surface area contributed by atoms with Gasteiger partial charge in [-0.25, -0.2) is 0 Å². The van der Waals surface area contributed by atoms with E-state index in [1.807, 2.05) is 4.90 Å². The van der Waals surface area contributed by atoms with E-state index >= 15 is 0 Å². The van der Waals surface area contributed by atoms with Gasteiger partial charge in [-0.2, -0.15) is 0 Å². The van der Waals surface area contributed by atoms with Crippen LogP contribution >= 0.6 is 11.8 Å². The molecule has 2 saturated heterocycles. The molecule has 2 aliphatic heterocycles. The maximum atomic E-state index is 12.4. The van der Waals surface area contributed by atoms with Crippen LogP contribution in [0.5, 0.6) is 0 Å². The lowest BCUT2D eigenvalue weighted by atomic mass is 9.86. The average molecular weight is 338 g/mol. The minimum atomic E-state index is -0.114. The summed E-state index contributed by atoms with van der Waals surface area (Å²) in [5.74, 6) is 1.20. The fourth-order valence-corrected chi connectivity index (χ4v) is 4.83. The summed E-state index contributed by atoms with van der Waals surface area (Å²) in [5, 5.41) is -0.114. The molecule has 0 aromatic heterocycles. The van der Waals surface area contributed by atoms with Crippen LogP contribution in [0.4, 0.5) is 4.79 Å². The van der Waals surface area contributed by atoms with Gasteiger partial charge in [0.25, 0.3) is 5.24 Å². The molecule has 0 unspecified atom stereocenters. The minimum Gasteiger partial charge on any atom is -0.343 e. The molecule has 2 heterocycles. The number of nitrogens with zero attached hydrogens (tertiary/aromatic N) is 2. The van der Waals surface area contributed by atoms with E-state index in [1.165, 1.54) is 37.0 Å². The second-order valence-electron chi connectivity index (χ2n) is 6.97. The summed E-state index contributed by atoms with van der Waals surface area (Å²) in [4.78, 5) is 39.3. The third-order valence-corrected chi connectivity index (χ3v) is 6.29. The third kappa shape index (κ3) is 4.08. The maximum Gasteiger partial charge on any atom is 0.289 e. The standard InChI is InChI=1S/C17H26N2O3S/c20-15(7-6-13-4-2-1-3-5-13)18-10-8-14(9-11-18)19-16(21)12-23-17(19)22/h13-14H,1-12H2. The van der Waals surface area contributed by atoms with Crippen molar-refractivity contribution in [3.8, 4) is 0 Å². The van der Waals surface area contributed by atoms with E-state index in [-0.39, 0.29) is 28.8 Å². The number of hydrogen-bond acceptors (Lipinski definition) is 4. The molecular formula is C17H26N2O3S. The smallest absolute Gasteiger partial charge is 0.289 e. The minimum absolute atomic E-state index is 0.00704. The SMILES string of the molecule is O=C(CCC1CCCCC1)N1CCC(N2C(=O)CSC2=O)CC1. The van der Waals surface area contributed by atoms with Crippen LogP contribution < -0.4 is 0 Å². The van der Waals surface area contributed by atoms with Gasteiger partial charge in [0.1, 0.15) is 0 Å². The van der Waals surface area contributed by atoms with Gasteiger partial charge in [-0.1, -0.05) is 43.9 Å². The first-order valence-corrected chi connectivity index (χ1v) is 9.90. The summed E-state index contributed by atoms with van der Waals surface area (Å²) in [6, 6.07) is -0.00704. The Morgan fingerprint density at radius 3 is 2.35 bits per heavy atom. The van der Waals surface area contributed by atoms with Crippen molar-refractivity contribution < 1.29 is 14.4 Å². The van der Waals surface area contributed by atoms with Gasteiger partial charge in [0, 0.05) is 25.6 Å². The van der Waals surface area contributed by atoms with Crippen LogP contribution in [0.1, 0.15) is 57.8 Å². The first-order valence-electron chi connectivity index (χ1n) is 8.91. The molecular weight excluding hydrogens is 312 g/mol. The van der Waals surface area contributed by atoms with Crippen molar-refractivity contribution in [3.05, 3.63) is 0 Å². The van der Waals surface area contributed by atoms with Gasteiger partial charge in [-0.15, -0.1) is 0 Å². The molecule has 3 amide bonds. The van der Waals surface area contributed by atoms with E-state index in [9.17, 15) is 14.4 Å². The Kier molecular flexibility index (Phi) is 5.62. The van der Waals surface area contributed by atoms with Gasteiger partial charge < -0.3 is 4.90 Å². The molecule has 128 valence electrons. The molecule has 3 rings (SSSR count). The van der Waals surface area contributed by atoms with Gasteiger partial charge in [-0.3, -0.25) is 19.3 Å². The summed E-state index contributed by atoms with van der Waals surface area (Å²) in [6.45, 7) is 1.35. The van der Waals surface area contributed by atoms with E-state index in [4.69, 9.17) is 0 Å². The second kappa shape index (κ2) is 7.69. The molecule has 3 fully saturated rings. The number of hydrogen-bond donors (Lipinski definition) is 0. The quantitative estimate of drug-likeness (QED) is 0.790. The number of thioether (sulfide) groups is 1. The van der Waals surface area contributed by atoms with Crippen LogP contribution in [-0.4, -0.2) is 51.7 Å². The van der Waals surface area contributed by atoms with Crippen LogP contribution in [0.3, 0.4) is 0 Å². The number of piperidine rings is 1. The van der Waals surface area contributed by atoms with Crippen molar-refractivity contribution in [2.75, 3.05) is 18.8 Å². The Hall–Kier alpha value is -1.04. The molecule has 0 atom stereocenters. The van der Waals surface area contributed by atoms with E-state index in [0.29, 0.717) is 19.5 Å². The highest BCUT2D eigenvalue weighted by molar-refractivity contribution is 8.14. The lowest BCUT2D eigenvalue weighted by Gasteiger charge is -2.35. The number of carbonyl (C=O) groups is 3. The Bertz CT molecular complexity index is 452. The number of likely N-dealkylation sites (tertiary alicyclic amines) is 1. The lowest BCUT2D eigenvalue weighted by Crippen LogP contribution is -2.48. The van der Waals surface area contributed by atoms with Crippen LogP contribution in [0.25, 0.3) is 0 Å². The summed E-state index contributed by atoms with van der Waals surface area (Å²) >= 11 is 1.10. The maximum absolute atomic E-state index is 12.4. The Labute approximate surface area is 142 Å². The summed E-state index contributed by atoms with van der Waals surface area (Å²) in [5.41, 5.74) is 0. The molecule has 0 aromatic carbocycles. The predicted molar refractivity (Wildman–Crippen MR) is 90.1 cm³/mol. The number of imide groups is 1. The molecule has 0 bridgehead atoms. The lowest BCUT2D eigenvalue weighted by molar-refractivity contribution is -0.133. The van der Waals surface area contributed by atoms with E-state index < -0.39 is 0 Å². The molecule has 1 aliphatic carbocycles. The van der Waals surface area contributed by atoms with E-state index in [0.717, 1.165) is 36.9 Å². The monoisotopic (exact) mass is 338 g/mol. The highest BCUT2D eigenvalue weighted by Gasteiger charge is 2.37. The zero-order valence-corrected chi connectivity index (χ0v) is 14.5. The third-order valence-electron chi connectivity index (χ3n) is 5.46. The van der Waals surface area contributed by atoms with Crippen LogP contribution in [0.15, 0.2) is 0 Å². The fourth-order valence-electron chi connectivity index (χ4n) is 4.05. The van der Waals surface area contributed by atoms with Gasteiger partial charge in [0.2, 0.25) is 11.8 Å². The van der Waals surface area contributed by atoms with Crippen molar-refractivity contribution in [2.45, 2.75) is 63.8 Å². The summed E-state index contributed by atoms with van der Waals surface area (Å²) < 4.78 is 0. The Morgan fingerprint density at radius 1 is 1.04 bits per heavy atom. The van der Waals surface area contributed by atoms with Gasteiger partial charge in [-0.05, 0) is 25.2 Å². The summed E-state index contributed by atoms with van der Waals surface area (Å²) in [7, 11) is 0. The van der Waals surface area contributed by atoms with E-state index in [2.05, 4.69) is 0 Å². The van der Waals surface area contributed by atoms with Crippen molar-refractivity contribution >= 4 is 28.8 Å². The van der Waals surface area contributed by atoms with Gasteiger partial charge in [0.05, 0.1) is 5.75 Å². The Balaban J connectivity index is 1.42. The van der Waals surface area contributed by atoms with Crippen LogP contribution in [0.2, 0.25) is 0 Å². The zero-order valence-electron chi connectivity index (χ0n) is 13.7. The predicted octanol–water partition coefficient (Wildman–Crippen LogP) is 3.03. The normalized spacial score (nSPS) is 24.5. The van der Waals surface area contributed by atoms with E-state index in [1.54, 1.807) is 0 Å². The first kappa shape index (κ1) is 16.8. The van der Waals surface area contributed by atoms with Crippen molar-refractivity contribution in [3.63, 3.8) is 0 Å². The highest BCUT2D eigenvalue weighted by atomic mass is 32.2. The summed E-state index contributed by atoms with van der Waals surface area (Å²) in [6.07, 6.45) is 9.70. The number of amides is 3. The first-order chi connectivity index (χ1) is 11.1. The van der Waals surface area contributed by atoms with Crippen molar-refractivity contribution in [1.82, 2.24) is 9.80 Å².